The number of carboxylic acid groups (broad SMARTS) is 1. The molecule has 0 fully saturated rings. The summed E-state index contributed by atoms with van der Waals surface area (Å²) in [5.41, 5.74) is 3.00. The molecule has 0 amide bonds. The summed E-state index contributed by atoms with van der Waals surface area (Å²) >= 11 is 0. The summed E-state index contributed by atoms with van der Waals surface area (Å²) in [6.45, 7) is 0. The number of benzene rings is 1. The molecule has 3 aromatic heterocycles. The fraction of sp³-hybridized carbons (Fsp3) is 0. The van der Waals surface area contributed by atoms with Crippen LogP contribution in [0.25, 0.3) is 27.8 Å². The minimum Gasteiger partial charge on any atom is -0.478 e. The highest BCUT2D eigenvalue weighted by Gasteiger charge is 2.14. The van der Waals surface area contributed by atoms with E-state index in [2.05, 4.69) is 15.1 Å². The number of aromatic nitrogens is 4. The van der Waals surface area contributed by atoms with Crippen molar-refractivity contribution in [2.45, 2.75) is 0 Å². The zero-order valence-corrected chi connectivity index (χ0v) is 10.8. The summed E-state index contributed by atoms with van der Waals surface area (Å²) < 4.78 is 1.61. The maximum atomic E-state index is 11.4. The Bertz CT molecular complexity index is 984. The van der Waals surface area contributed by atoms with Crippen LogP contribution < -0.4 is 0 Å². The summed E-state index contributed by atoms with van der Waals surface area (Å²) in [6, 6.07) is 10.6. The van der Waals surface area contributed by atoms with Crippen LogP contribution in [0, 0.1) is 0 Å². The SMILES string of the molecule is O=C(O)c1ccccc1-n1ncc2nc3[nH]ccc3cc21. The van der Waals surface area contributed by atoms with Gasteiger partial charge in [0.05, 0.1) is 23.0 Å². The number of nitrogens with one attached hydrogen (secondary N) is 1. The van der Waals surface area contributed by atoms with Crippen LogP contribution in [0.1, 0.15) is 10.4 Å². The van der Waals surface area contributed by atoms with E-state index in [1.807, 2.05) is 18.3 Å². The van der Waals surface area contributed by atoms with E-state index in [4.69, 9.17) is 0 Å². The van der Waals surface area contributed by atoms with Crippen LogP contribution >= 0.6 is 0 Å². The standard InChI is InChI=1S/C15H10N4O2/c20-15(21)10-3-1-2-4-12(10)19-13-7-9-5-6-16-14(9)18-11(13)8-17-19/h1-8H,(H,16,18)(H,20,21). The Kier molecular flexibility index (Phi) is 2.32. The Morgan fingerprint density at radius 2 is 2.10 bits per heavy atom. The lowest BCUT2D eigenvalue weighted by Crippen LogP contribution is -2.06. The molecule has 0 saturated heterocycles. The topological polar surface area (TPSA) is 83.8 Å². The summed E-state index contributed by atoms with van der Waals surface area (Å²) in [6.07, 6.45) is 3.45. The molecule has 0 atom stereocenters. The van der Waals surface area contributed by atoms with E-state index in [1.165, 1.54) is 0 Å². The number of rotatable bonds is 2. The Balaban J connectivity index is 2.04. The van der Waals surface area contributed by atoms with Crippen molar-refractivity contribution in [3.63, 3.8) is 0 Å². The highest BCUT2D eigenvalue weighted by molar-refractivity contribution is 5.94. The van der Waals surface area contributed by atoms with Gasteiger partial charge in [-0.15, -0.1) is 0 Å². The average Bonchev–Trinajstić information content (AvgIpc) is 3.10. The van der Waals surface area contributed by atoms with E-state index < -0.39 is 5.97 Å². The molecule has 3 heterocycles. The molecule has 0 aliphatic rings. The molecular formula is C15H10N4O2. The van der Waals surface area contributed by atoms with Gasteiger partial charge in [0.1, 0.15) is 11.2 Å². The lowest BCUT2D eigenvalue weighted by molar-refractivity contribution is 0.0697. The number of H-pyrrole nitrogens is 1. The first-order chi connectivity index (χ1) is 10.2. The van der Waals surface area contributed by atoms with Gasteiger partial charge < -0.3 is 10.1 Å². The number of aromatic carboxylic acids is 1. The average molecular weight is 278 g/mol. The molecule has 0 aliphatic carbocycles. The molecule has 0 radical (unpaired) electrons. The molecule has 6 heteroatoms. The summed E-state index contributed by atoms with van der Waals surface area (Å²) in [5, 5.41) is 14.6. The molecule has 4 rings (SSSR count). The molecular weight excluding hydrogens is 268 g/mol. The monoisotopic (exact) mass is 278 g/mol. The highest BCUT2D eigenvalue weighted by Crippen LogP contribution is 2.23. The number of aromatic amines is 1. The second kappa shape index (κ2) is 4.17. The van der Waals surface area contributed by atoms with Gasteiger partial charge in [-0.3, -0.25) is 0 Å². The number of pyridine rings is 1. The van der Waals surface area contributed by atoms with E-state index in [0.29, 0.717) is 11.2 Å². The summed E-state index contributed by atoms with van der Waals surface area (Å²) in [7, 11) is 0. The van der Waals surface area contributed by atoms with Gasteiger partial charge in [-0.1, -0.05) is 12.1 Å². The second-order valence-corrected chi connectivity index (χ2v) is 4.69. The van der Waals surface area contributed by atoms with Gasteiger partial charge in [0.15, 0.2) is 0 Å². The van der Waals surface area contributed by atoms with Crippen molar-refractivity contribution in [2.24, 2.45) is 0 Å². The molecule has 0 bridgehead atoms. The van der Waals surface area contributed by atoms with E-state index in [1.54, 1.807) is 35.1 Å². The lowest BCUT2D eigenvalue weighted by atomic mass is 10.2. The molecule has 21 heavy (non-hydrogen) atoms. The van der Waals surface area contributed by atoms with E-state index >= 15 is 0 Å². The van der Waals surface area contributed by atoms with Crippen LogP contribution in [-0.4, -0.2) is 30.8 Å². The molecule has 0 spiro atoms. The van der Waals surface area contributed by atoms with Crippen molar-refractivity contribution in [2.75, 3.05) is 0 Å². The number of carbonyl (C=O) groups is 1. The van der Waals surface area contributed by atoms with Crippen molar-refractivity contribution in [3.05, 3.63) is 54.4 Å². The van der Waals surface area contributed by atoms with Gasteiger partial charge in [-0.25, -0.2) is 14.5 Å². The van der Waals surface area contributed by atoms with Crippen LogP contribution in [0.5, 0.6) is 0 Å². The van der Waals surface area contributed by atoms with Crippen molar-refractivity contribution in [3.8, 4) is 5.69 Å². The Morgan fingerprint density at radius 3 is 2.95 bits per heavy atom. The number of para-hydroxylation sites is 1. The second-order valence-electron chi connectivity index (χ2n) is 4.69. The highest BCUT2D eigenvalue weighted by atomic mass is 16.4. The summed E-state index contributed by atoms with van der Waals surface area (Å²) in [5.74, 6) is -0.982. The third-order valence-corrected chi connectivity index (χ3v) is 3.43. The van der Waals surface area contributed by atoms with Gasteiger partial charge in [0.25, 0.3) is 0 Å². The van der Waals surface area contributed by atoms with E-state index in [9.17, 15) is 9.90 Å². The van der Waals surface area contributed by atoms with Crippen LogP contribution in [0.4, 0.5) is 0 Å². The molecule has 0 aliphatic heterocycles. The quantitative estimate of drug-likeness (QED) is 0.590. The van der Waals surface area contributed by atoms with Gasteiger partial charge >= 0.3 is 5.97 Å². The zero-order chi connectivity index (χ0) is 14.4. The molecule has 6 nitrogen and oxygen atoms in total. The van der Waals surface area contributed by atoms with E-state index in [0.717, 1.165) is 16.6 Å². The van der Waals surface area contributed by atoms with Crippen LogP contribution in [0.2, 0.25) is 0 Å². The lowest BCUT2D eigenvalue weighted by Gasteiger charge is -2.07. The fourth-order valence-electron chi connectivity index (χ4n) is 2.46. The van der Waals surface area contributed by atoms with Gasteiger partial charge in [-0.2, -0.15) is 5.10 Å². The predicted molar refractivity (Wildman–Crippen MR) is 77.7 cm³/mol. The van der Waals surface area contributed by atoms with Crippen molar-refractivity contribution >= 4 is 28.0 Å². The normalized spacial score (nSPS) is 11.2. The minimum atomic E-state index is -0.982. The van der Waals surface area contributed by atoms with Crippen LogP contribution in [0.15, 0.2) is 48.8 Å². The van der Waals surface area contributed by atoms with E-state index in [-0.39, 0.29) is 5.56 Å². The first-order valence-electron chi connectivity index (χ1n) is 6.38. The van der Waals surface area contributed by atoms with Gasteiger partial charge in [-0.05, 0) is 24.3 Å². The number of hydrogen-bond acceptors (Lipinski definition) is 3. The first-order valence-corrected chi connectivity index (χ1v) is 6.38. The van der Waals surface area contributed by atoms with Crippen molar-refractivity contribution in [1.29, 1.82) is 0 Å². The van der Waals surface area contributed by atoms with Crippen molar-refractivity contribution < 1.29 is 9.90 Å². The number of carboxylic acids is 1. The molecule has 4 aromatic rings. The first kappa shape index (κ1) is 11.7. The Morgan fingerprint density at radius 1 is 1.24 bits per heavy atom. The van der Waals surface area contributed by atoms with Crippen LogP contribution in [0.3, 0.4) is 0 Å². The minimum absolute atomic E-state index is 0.205. The Labute approximate surface area is 118 Å². The predicted octanol–water partition coefficient (Wildman–Crippen LogP) is 2.60. The molecule has 0 unspecified atom stereocenters. The zero-order valence-electron chi connectivity index (χ0n) is 10.8. The molecule has 0 saturated carbocycles. The smallest absolute Gasteiger partial charge is 0.337 e. The maximum Gasteiger partial charge on any atom is 0.337 e. The molecule has 1 aromatic carbocycles. The third kappa shape index (κ3) is 1.69. The van der Waals surface area contributed by atoms with Gasteiger partial charge in [0.2, 0.25) is 0 Å². The Hall–Kier alpha value is -3.15. The largest absolute Gasteiger partial charge is 0.478 e. The number of nitrogens with zero attached hydrogens (tertiary/aromatic N) is 3. The van der Waals surface area contributed by atoms with Crippen LogP contribution in [-0.2, 0) is 0 Å². The number of fused-ring (bicyclic) bond motifs is 2. The molecule has 102 valence electrons. The summed E-state index contributed by atoms with van der Waals surface area (Å²) in [4.78, 5) is 18.9. The fourth-order valence-corrected chi connectivity index (χ4v) is 2.46. The number of hydrogen-bond donors (Lipinski definition) is 2. The maximum absolute atomic E-state index is 11.4. The van der Waals surface area contributed by atoms with Crippen molar-refractivity contribution in [1.82, 2.24) is 19.7 Å². The molecule has 2 N–H and O–H groups in total. The third-order valence-electron chi connectivity index (χ3n) is 3.43. The van der Waals surface area contributed by atoms with Gasteiger partial charge in [0, 0.05) is 11.6 Å².